The van der Waals surface area contributed by atoms with Gasteiger partial charge in [0.1, 0.15) is 11.6 Å². The summed E-state index contributed by atoms with van der Waals surface area (Å²) in [5.41, 5.74) is 1.84. The zero-order chi connectivity index (χ0) is 18.7. The Morgan fingerprint density at radius 3 is 2.50 bits per heavy atom. The monoisotopic (exact) mass is 375 g/mol. The van der Waals surface area contributed by atoms with Gasteiger partial charge in [-0.2, -0.15) is 17.0 Å². The lowest BCUT2D eigenvalue weighted by Gasteiger charge is -2.33. The third kappa shape index (κ3) is 4.20. The van der Waals surface area contributed by atoms with Crippen molar-refractivity contribution < 1.29 is 8.42 Å². The highest BCUT2D eigenvalue weighted by molar-refractivity contribution is 7.86. The van der Waals surface area contributed by atoms with Crippen LogP contribution in [0.25, 0.3) is 0 Å². The van der Waals surface area contributed by atoms with Gasteiger partial charge in [-0.05, 0) is 44.0 Å². The molecule has 0 bridgehead atoms. The molecule has 0 saturated carbocycles. The van der Waals surface area contributed by atoms with Crippen molar-refractivity contribution in [2.75, 3.05) is 32.5 Å². The maximum absolute atomic E-state index is 12.4. The third-order valence-corrected chi connectivity index (χ3v) is 6.41. The van der Waals surface area contributed by atoms with Crippen LogP contribution in [0.1, 0.15) is 30.1 Å². The third-order valence-electron chi connectivity index (χ3n) is 4.51. The van der Waals surface area contributed by atoms with Gasteiger partial charge >= 0.3 is 0 Å². The van der Waals surface area contributed by atoms with Crippen molar-refractivity contribution in [2.24, 2.45) is 0 Å². The Labute approximate surface area is 155 Å². The van der Waals surface area contributed by atoms with E-state index in [0.717, 1.165) is 30.0 Å². The van der Waals surface area contributed by atoms with Gasteiger partial charge in [0.2, 0.25) is 0 Å². The van der Waals surface area contributed by atoms with Crippen molar-refractivity contribution in [3.8, 4) is 0 Å². The Morgan fingerprint density at radius 2 is 1.81 bits per heavy atom. The number of aryl methyl sites for hydroxylation is 1. The number of rotatable bonds is 5. The molecule has 3 heterocycles. The molecule has 0 amide bonds. The van der Waals surface area contributed by atoms with Gasteiger partial charge in [0.15, 0.2) is 0 Å². The maximum atomic E-state index is 12.4. The van der Waals surface area contributed by atoms with E-state index in [-0.39, 0.29) is 5.92 Å². The number of aromatic nitrogens is 2. The smallest absolute Gasteiger partial charge is 0.281 e. The van der Waals surface area contributed by atoms with Crippen molar-refractivity contribution in [3.05, 3.63) is 47.8 Å². The van der Waals surface area contributed by atoms with E-state index in [2.05, 4.69) is 10.3 Å². The molecule has 1 atom stereocenters. The SMILES string of the molecule is Cc1cccc(Nc2cccc(C3CCCN(S(=O)(=O)N(C)C)C3)n2)n1. The highest BCUT2D eigenvalue weighted by Crippen LogP contribution is 2.28. The van der Waals surface area contributed by atoms with E-state index in [1.165, 1.54) is 4.31 Å². The fraction of sp³-hybridized carbons (Fsp3) is 0.444. The number of hydrogen-bond acceptors (Lipinski definition) is 5. The van der Waals surface area contributed by atoms with Crippen molar-refractivity contribution in [3.63, 3.8) is 0 Å². The van der Waals surface area contributed by atoms with Crippen molar-refractivity contribution in [1.29, 1.82) is 0 Å². The minimum Gasteiger partial charge on any atom is -0.325 e. The Balaban J connectivity index is 1.77. The second-order valence-electron chi connectivity index (χ2n) is 6.72. The van der Waals surface area contributed by atoms with Crippen LogP contribution < -0.4 is 5.32 Å². The second kappa shape index (κ2) is 7.69. The maximum Gasteiger partial charge on any atom is 0.281 e. The van der Waals surface area contributed by atoms with Gasteiger partial charge < -0.3 is 5.32 Å². The number of anilines is 2. The fourth-order valence-electron chi connectivity index (χ4n) is 3.12. The van der Waals surface area contributed by atoms with Gasteiger partial charge in [0.05, 0.1) is 0 Å². The first-order valence-corrected chi connectivity index (χ1v) is 10.1. The summed E-state index contributed by atoms with van der Waals surface area (Å²) in [6.45, 7) is 2.96. The largest absolute Gasteiger partial charge is 0.325 e. The standard InChI is InChI=1S/C18H25N5O2S/c1-14-7-4-10-17(19-14)21-18-11-5-9-16(20-18)15-8-6-12-23(13-15)26(24,25)22(2)3/h4-5,7,9-11,15H,6,8,12-13H2,1-3H3,(H,19,20,21). The quantitative estimate of drug-likeness (QED) is 0.869. The summed E-state index contributed by atoms with van der Waals surface area (Å²) < 4.78 is 27.6. The molecule has 1 fully saturated rings. The Kier molecular flexibility index (Phi) is 5.55. The summed E-state index contributed by atoms with van der Waals surface area (Å²) in [5, 5.41) is 3.22. The minimum atomic E-state index is -3.39. The van der Waals surface area contributed by atoms with E-state index in [0.29, 0.717) is 18.9 Å². The lowest BCUT2D eigenvalue weighted by Crippen LogP contribution is -2.45. The molecule has 1 unspecified atom stereocenters. The Morgan fingerprint density at radius 1 is 1.12 bits per heavy atom. The van der Waals surface area contributed by atoms with Crippen LogP contribution in [0.15, 0.2) is 36.4 Å². The molecule has 0 spiro atoms. The van der Waals surface area contributed by atoms with Crippen LogP contribution in [-0.2, 0) is 10.2 Å². The number of hydrogen-bond donors (Lipinski definition) is 1. The van der Waals surface area contributed by atoms with E-state index in [4.69, 9.17) is 4.98 Å². The first-order valence-electron chi connectivity index (χ1n) is 8.71. The molecule has 3 rings (SSSR count). The average Bonchev–Trinajstić information content (AvgIpc) is 2.62. The van der Waals surface area contributed by atoms with E-state index in [1.807, 2.05) is 43.3 Å². The second-order valence-corrected chi connectivity index (χ2v) is 8.87. The fourth-order valence-corrected chi connectivity index (χ4v) is 4.31. The highest BCUT2D eigenvalue weighted by Gasteiger charge is 2.31. The first-order chi connectivity index (χ1) is 12.4. The van der Waals surface area contributed by atoms with Crippen LogP contribution >= 0.6 is 0 Å². The molecule has 0 radical (unpaired) electrons. The molecule has 7 nitrogen and oxygen atoms in total. The summed E-state index contributed by atoms with van der Waals surface area (Å²) in [4.78, 5) is 9.13. The van der Waals surface area contributed by atoms with Crippen molar-refractivity contribution in [2.45, 2.75) is 25.7 Å². The zero-order valence-electron chi connectivity index (χ0n) is 15.4. The number of nitrogens with zero attached hydrogens (tertiary/aromatic N) is 4. The molecule has 8 heteroatoms. The molecular formula is C18H25N5O2S. The molecule has 1 N–H and O–H groups in total. The molecule has 1 aliphatic rings. The van der Waals surface area contributed by atoms with Gasteiger partial charge in [0.25, 0.3) is 10.2 Å². The van der Waals surface area contributed by atoms with Crippen LogP contribution in [-0.4, -0.2) is 54.2 Å². The zero-order valence-corrected chi connectivity index (χ0v) is 16.2. The molecule has 26 heavy (non-hydrogen) atoms. The average molecular weight is 375 g/mol. The number of piperidine rings is 1. The molecule has 0 aliphatic carbocycles. The number of pyridine rings is 2. The van der Waals surface area contributed by atoms with Crippen LogP contribution in [0, 0.1) is 6.92 Å². The summed E-state index contributed by atoms with van der Waals surface area (Å²) >= 11 is 0. The normalized spacial score (nSPS) is 18.8. The van der Waals surface area contributed by atoms with E-state index < -0.39 is 10.2 Å². The predicted octanol–water partition coefficient (Wildman–Crippen LogP) is 2.51. The van der Waals surface area contributed by atoms with Crippen LogP contribution in [0.5, 0.6) is 0 Å². The van der Waals surface area contributed by atoms with Crippen molar-refractivity contribution in [1.82, 2.24) is 18.6 Å². The minimum absolute atomic E-state index is 0.0886. The summed E-state index contributed by atoms with van der Waals surface area (Å²) in [6, 6.07) is 11.6. The van der Waals surface area contributed by atoms with E-state index in [1.54, 1.807) is 18.4 Å². The topological polar surface area (TPSA) is 78.4 Å². The molecule has 0 aromatic carbocycles. The van der Waals surface area contributed by atoms with E-state index >= 15 is 0 Å². The Hall–Kier alpha value is -2.03. The highest BCUT2D eigenvalue weighted by atomic mass is 32.2. The lowest BCUT2D eigenvalue weighted by molar-refractivity contribution is 0.296. The molecule has 1 aliphatic heterocycles. The van der Waals surface area contributed by atoms with E-state index in [9.17, 15) is 8.42 Å². The molecular weight excluding hydrogens is 350 g/mol. The lowest BCUT2D eigenvalue weighted by atomic mass is 9.95. The Bertz CT molecular complexity index is 869. The van der Waals surface area contributed by atoms with Gasteiger partial charge in [-0.3, -0.25) is 0 Å². The van der Waals surface area contributed by atoms with Crippen LogP contribution in [0.3, 0.4) is 0 Å². The molecule has 2 aromatic rings. The van der Waals surface area contributed by atoms with Crippen LogP contribution in [0.2, 0.25) is 0 Å². The predicted molar refractivity (Wildman–Crippen MR) is 103 cm³/mol. The van der Waals surface area contributed by atoms with Crippen LogP contribution in [0.4, 0.5) is 11.6 Å². The molecule has 2 aromatic heterocycles. The summed E-state index contributed by atoms with van der Waals surface area (Å²) in [6.07, 6.45) is 1.76. The molecule has 140 valence electrons. The number of nitrogens with one attached hydrogen (secondary N) is 1. The van der Waals surface area contributed by atoms with Gasteiger partial charge in [-0.15, -0.1) is 0 Å². The van der Waals surface area contributed by atoms with Gasteiger partial charge in [-0.1, -0.05) is 12.1 Å². The first kappa shape index (κ1) is 18.8. The summed E-state index contributed by atoms with van der Waals surface area (Å²) in [7, 11) is -0.259. The van der Waals surface area contributed by atoms with Gasteiger partial charge in [0, 0.05) is 44.5 Å². The van der Waals surface area contributed by atoms with Gasteiger partial charge in [-0.25, -0.2) is 9.97 Å². The summed E-state index contributed by atoms with van der Waals surface area (Å²) in [5.74, 6) is 1.55. The molecule has 1 saturated heterocycles. The van der Waals surface area contributed by atoms with Crippen molar-refractivity contribution >= 4 is 21.8 Å².